The highest BCUT2D eigenvalue weighted by Crippen LogP contribution is 2.22. The van der Waals surface area contributed by atoms with Crippen LogP contribution in [0, 0.1) is 0 Å². The molecule has 0 aliphatic carbocycles. The molecule has 2 aromatic carbocycles. The molecule has 0 bridgehead atoms. The highest BCUT2D eigenvalue weighted by atomic mass is 35.5. The largest absolute Gasteiger partial charge is 0.354 e. The van der Waals surface area contributed by atoms with Gasteiger partial charge < -0.3 is 11.1 Å². The summed E-state index contributed by atoms with van der Waals surface area (Å²) in [5.74, 6) is -0.148. The van der Waals surface area contributed by atoms with Gasteiger partial charge in [0.2, 0.25) is 5.91 Å². The Morgan fingerprint density at radius 3 is 2.09 bits per heavy atom. The monoisotopic (exact) mass is 318 g/mol. The maximum absolute atomic E-state index is 12.2. The highest BCUT2D eigenvalue weighted by Gasteiger charge is 2.23. The second kappa shape index (κ2) is 7.97. The maximum atomic E-state index is 12.2. The lowest BCUT2D eigenvalue weighted by molar-refractivity contribution is -0.122. The number of halogens is 1. The molecule has 0 aliphatic rings. The summed E-state index contributed by atoms with van der Waals surface area (Å²) in [5.41, 5.74) is 7.88. The summed E-state index contributed by atoms with van der Waals surface area (Å²) in [5, 5.41) is 2.96. The van der Waals surface area contributed by atoms with Gasteiger partial charge in [0.05, 0.1) is 0 Å². The maximum Gasteiger partial charge on any atom is 0.241 e. The van der Waals surface area contributed by atoms with Crippen LogP contribution >= 0.6 is 12.4 Å². The normalized spacial score (nSPS) is 12.1. The predicted molar refractivity (Wildman–Crippen MR) is 93.1 cm³/mol. The number of rotatable bonds is 5. The van der Waals surface area contributed by atoms with E-state index < -0.39 is 6.04 Å². The molecule has 0 aliphatic heterocycles. The topological polar surface area (TPSA) is 55.1 Å². The summed E-state index contributed by atoms with van der Waals surface area (Å²) >= 11 is 0. The van der Waals surface area contributed by atoms with E-state index in [-0.39, 0.29) is 23.7 Å². The zero-order valence-electron chi connectivity index (χ0n) is 13.0. The molecule has 2 aromatic rings. The molecule has 2 rings (SSSR count). The molecule has 0 heterocycles. The van der Waals surface area contributed by atoms with Crippen molar-refractivity contribution in [3.63, 3.8) is 0 Å². The van der Waals surface area contributed by atoms with Crippen LogP contribution in [0.1, 0.15) is 31.0 Å². The van der Waals surface area contributed by atoms with Gasteiger partial charge in [0.15, 0.2) is 0 Å². The SMILES string of the molecule is CC(C)(CNC(=O)C(N)c1ccccc1)c1ccccc1.Cl. The second-order valence-corrected chi connectivity index (χ2v) is 5.86. The lowest BCUT2D eigenvalue weighted by Gasteiger charge is -2.26. The Morgan fingerprint density at radius 2 is 1.55 bits per heavy atom. The summed E-state index contributed by atoms with van der Waals surface area (Å²) in [6, 6.07) is 18.9. The van der Waals surface area contributed by atoms with E-state index in [4.69, 9.17) is 5.73 Å². The van der Waals surface area contributed by atoms with Gasteiger partial charge in [0, 0.05) is 12.0 Å². The Kier molecular flexibility index (Phi) is 6.60. The van der Waals surface area contributed by atoms with Crippen LogP contribution in [0.2, 0.25) is 0 Å². The molecule has 4 heteroatoms. The van der Waals surface area contributed by atoms with Gasteiger partial charge in [0.1, 0.15) is 6.04 Å². The molecule has 1 unspecified atom stereocenters. The van der Waals surface area contributed by atoms with Gasteiger partial charge in [-0.15, -0.1) is 12.4 Å². The first-order valence-corrected chi connectivity index (χ1v) is 7.14. The number of carbonyl (C=O) groups is 1. The average Bonchev–Trinajstić information content (AvgIpc) is 2.53. The molecule has 118 valence electrons. The molecule has 0 radical (unpaired) electrons. The summed E-state index contributed by atoms with van der Waals surface area (Å²) in [6.45, 7) is 4.77. The molecule has 3 N–H and O–H groups in total. The van der Waals surface area contributed by atoms with Crippen molar-refractivity contribution in [3.05, 3.63) is 71.8 Å². The smallest absolute Gasteiger partial charge is 0.241 e. The Balaban J connectivity index is 0.00000242. The summed E-state index contributed by atoms with van der Waals surface area (Å²) in [6.07, 6.45) is 0. The minimum absolute atomic E-state index is 0. The molecule has 1 atom stereocenters. The van der Waals surface area contributed by atoms with Crippen LogP contribution in [0.5, 0.6) is 0 Å². The van der Waals surface area contributed by atoms with Gasteiger partial charge in [-0.3, -0.25) is 4.79 Å². The van der Waals surface area contributed by atoms with Gasteiger partial charge in [-0.2, -0.15) is 0 Å². The third-order valence-corrected chi connectivity index (χ3v) is 3.70. The Labute approximate surface area is 138 Å². The van der Waals surface area contributed by atoms with E-state index >= 15 is 0 Å². The first kappa shape index (κ1) is 18.2. The Hall–Kier alpha value is -1.84. The van der Waals surface area contributed by atoms with Crippen molar-refractivity contribution in [1.82, 2.24) is 5.32 Å². The van der Waals surface area contributed by atoms with Crippen molar-refractivity contribution in [2.24, 2.45) is 5.73 Å². The fourth-order valence-corrected chi connectivity index (χ4v) is 2.22. The van der Waals surface area contributed by atoms with Crippen LogP contribution in [-0.2, 0) is 10.2 Å². The Bertz CT molecular complexity index is 585. The molecular weight excluding hydrogens is 296 g/mol. The van der Waals surface area contributed by atoms with Crippen molar-refractivity contribution in [2.75, 3.05) is 6.54 Å². The van der Waals surface area contributed by atoms with Gasteiger partial charge >= 0.3 is 0 Å². The van der Waals surface area contributed by atoms with Crippen molar-refractivity contribution >= 4 is 18.3 Å². The summed E-state index contributed by atoms with van der Waals surface area (Å²) < 4.78 is 0. The van der Waals surface area contributed by atoms with Gasteiger partial charge in [0.25, 0.3) is 0 Å². The van der Waals surface area contributed by atoms with Crippen molar-refractivity contribution in [2.45, 2.75) is 25.3 Å². The number of hydrogen-bond acceptors (Lipinski definition) is 2. The molecule has 0 saturated heterocycles. The van der Waals surface area contributed by atoms with Crippen molar-refractivity contribution < 1.29 is 4.79 Å². The van der Waals surface area contributed by atoms with Crippen LogP contribution in [-0.4, -0.2) is 12.5 Å². The van der Waals surface area contributed by atoms with E-state index in [2.05, 4.69) is 31.3 Å². The Morgan fingerprint density at radius 1 is 1.05 bits per heavy atom. The van der Waals surface area contributed by atoms with Crippen LogP contribution in [0.15, 0.2) is 60.7 Å². The van der Waals surface area contributed by atoms with Crippen LogP contribution in [0.25, 0.3) is 0 Å². The molecule has 0 aromatic heterocycles. The zero-order valence-corrected chi connectivity index (χ0v) is 13.8. The number of nitrogens with two attached hydrogens (primary N) is 1. The summed E-state index contributed by atoms with van der Waals surface area (Å²) in [4.78, 5) is 12.2. The molecular formula is C18H23ClN2O. The highest BCUT2D eigenvalue weighted by molar-refractivity contribution is 5.85. The van der Waals surface area contributed by atoms with Gasteiger partial charge in [-0.25, -0.2) is 0 Å². The van der Waals surface area contributed by atoms with E-state index in [1.807, 2.05) is 48.5 Å². The molecule has 1 amide bonds. The third kappa shape index (κ3) is 4.58. The van der Waals surface area contributed by atoms with E-state index in [1.54, 1.807) is 0 Å². The number of carbonyl (C=O) groups excluding carboxylic acids is 1. The van der Waals surface area contributed by atoms with Crippen molar-refractivity contribution in [1.29, 1.82) is 0 Å². The zero-order chi connectivity index (χ0) is 15.3. The van der Waals surface area contributed by atoms with E-state index in [0.29, 0.717) is 6.54 Å². The van der Waals surface area contributed by atoms with E-state index in [0.717, 1.165) is 5.56 Å². The summed E-state index contributed by atoms with van der Waals surface area (Å²) in [7, 11) is 0. The predicted octanol–water partition coefficient (Wildman–Crippen LogP) is 3.20. The average molecular weight is 319 g/mol. The van der Waals surface area contributed by atoms with Crippen molar-refractivity contribution in [3.8, 4) is 0 Å². The second-order valence-electron chi connectivity index (χ2n) is 5.86. The lowest BCUT2D eigenvalue weighted by atomic mass is 9.84. The quantitative estimate of drug-likeness (QED) is 0.889. The minimum Gasteiger partial charge on any atom is -0.354 e. The molecule has 3 nitrogen and oxygen atoms in total. The first-order chi connectivity index (χ1) is 10.0. The van der Waals surface area contributed by atoms with E-state index in [9.17, 15) is 4.79 Å². The van der Waals surface area contributed by atoms with Gasteiger partial charge in [-0.05, 0) is 11.1 Å². The number of nitrogens with one attached hydrogen (secondary N) is 1. The molecule has 0 spiro atoms. The van der Waals surface area contributed by atoms with Crippen LogP contribution in [0.3, 0.4) is 0 Å². The van der Waals surface area contributed by atoms with Crippen LogP contribution in [0.4, 0.5) is 0 Å². The van der Waals surface area contributed by atoms with E-state index in [1.165, 1.54) is 5.56 Å². The third-order valence-electron chi connectivity index (χ3n) is 3.70. The minimum atomic E-state index is -0.627. The standard InChI is InChI=1S/C18H22N2O.ClH/c1-18(2,15-11-7-4-8-12-15)13-20-17(21)16(19)14-9-5-3-6-10-14;/h3-12,16H,13,19H2,1-2H3,(H,20,21);1H. The lowest BCUT2D eigenvalue weighted by Crippen LogP contribution is -2.41. The molecule has 22 heavy (non-hydrogen) atoms. The first-order valence-electron chi connectivity index (χ1n) is 7.14. The fraction of sp³-hybridized carbons (Fsp3) is 0.278. The fourth-order valence-electron chi connectivity index (χ4n) is 2.22. The molecule has 0 fully saturated rings. The van der Waals surface area contributed by atoms with Crippen LogP contribution < -0.4 is 11.1 Å². The van der Waals surface area contributed by atoms with Gasteiger partial charge in [-0.1, -0.05) is 74.5 Å². The molecule has 0 saturated carbocycles. The number of amides is 1. The number of benzene rings is 2. The number of hydrogen-bond donors (Lipinski definition) is 2.